The minimum absolute atomic E-state index is 0.145. The van der Waals surface area contributed by atoms with Crippen LogP contribution in [0.15, 0.2) is 0 Å². The molecule has 2 saturated carbocycles. The van der Waals surface area contributed by atoms with Gasteiger partial charge in [0.05, 0.1) is 13.2 Å². The van der Waals surface area contributed by atoms with Gasteiger partial charge in [0.2, 0.25) is 5.91 Å². The number of aliphatic hydroxyl groups is 1. The van der Waals surface area contributed by atoms with Crippen LogP contribution in [0, 0.1) is 5.92 Å². The highest BCUT2D eigenvalue weighted by Crippen LogP contribution is 2.29. The molecule has 2 fully saturated rings. The number of carbonyl (C=O) groups is 1. The zero-order chi connectivity index (χ0) is 14.4. The number of likely N-dealkylation sites (N-methyl/N-ethyl adjacent to an activating group) is 1. The minimum Gasteiger partial charge on any atom is -0.394 e. The summed E-state index contributed by atoms with van der Waals surface area (Å²) in [6.07, 6.45) is 10.8. The van der Waals surface area contributed by atoms with E-state index >= 15 is 0 Å². The molecule has 116 valence electrons. The van der Waals surface area contributed by atoms with Crippen molar-refractivity contribution in [2.45, 2.75) is 63.3 Å². The van der Waals surface area contributed by atoms with Crippen LogP contribution in [0.4, 0.5) is 0 Å². The predicted octanol–water partition coefficient (Wildman–Crippen LogP) is 1.92. The predicted molar refractivity (Wildman–Crippen MR) is 80.5 cm³/mol. The van der Waals surface area contributed by atoms with Crippen LogP contribution in [-0.4, -0.2) is 48.2 Å². The molecule has 4 nitrogen and oxygen atoms in total. The Morgan fingerprint density at radius 1 is 1.20 bits per heavy atom. The fraction of sp³-hybridized carbons (Fsp3) is 0.938. The normalized spacial score (nSPS) is 22.9. The first kappa shape index (κ1) is 15.8. The standard InChI is InChI=1S/C16H30N2O2/c1-18(12-14-7-3-2-4-8-14)15(20)11-17-16(13-19)9-5-6-10-16/h14,17,19H,2-13H2,1H3. The average molecular weight is 282 g/mol. The van der Waals surface area contributed by atoms with E-state index in [0.29, 0.717) is 12.5 Å². The average Bonchev–Trinajstić information content (AvgIpc) is 2.95. The molecular weight excluding hydrogens is 252 g/mol. The van der Waals surface area contributed by atoms with Gasteiger partial charge in [-0.25, -0.2) is 0 Å². The van der Waals surface area contributed by atoms with Crippen LogP contribution < -0.4 is 5.32 Å². The number of aliphatic hydroxyl groups excluding tert-OH is 1. The summed E-state index contributed by atoms with van der Waals surface area (Å²) < 4.78 is 0. The second kappa shape index (κ2) is 7.41. The van der Waals surface area contributed by atoms with Gasteiger partial charge in [-0.05, 0) is 31.6 Å². The maximum Gasteiger partial charge on any atom is 0.236 e. The number of hydrogen-bond acceptors (Lipinski definition) is 3. The smallest absolute Gasteiger partial charge is 0.236 e. The Bertz CT molecular complexity index is 308. The fourth-order valence-electron chi connectivity index (χ4n) is 3.70. The molecule has 0 aromatic rings. The molecular formula is C16H30N2O2. The minimum atomic E-state index is -0.193. The molecule has 2 rings (SSSR count). The second-order valence-electron chi connectivity index (χ2n) is 6.78. The van der Waals surface area contributed by atoms with Crippen LogP contribution in [0.2, 0.25) is 0 Å². The van der Waals surface area contributed by atoms with E-state index < -0.39 is 0 Å². The van der Waals surface area contributed by atoms with E-state index in [9.17, 15) is 9.90 Å². The number of amides is 1. The molecule has 2 aliphatic carbocycles. The molecule has 0 saturated heterocycles. The molecule has 0 radical (unpaired) electrons. The van der Waals surface area contributed by atoms with Crippen molar-refractivity contribution in [1.29, 1.82) is 0 Å². The summed E-state index contributed by atoms with van der Waals surface area (Å²) in [5.74, 6) is 0.853. The monoisotopic (exact) mass is 282 g/mol. The zero-order valence-corrected chi connectivity index (χ0v) is 12.9. The molecule has 0 unspecified atom stereocenters. The van der Waals surface area contributed by atoms with Gasteiger partial charge in [0, 0.05) is 19.1 Å². The largest absolute Gasteiger partial charge is 0.394 e. The van der Waals surface area contributed by atoms with E-state index in [-0.39, 0.29) is 18.1 Å². The van der Waals surface area contributed by atoms with Gasteiger partial charge in [-0.1, -0.05) is 32.1 Å². The maximum atomic E-state index is 12.2. The molecule has 20 heavy (non-hydrogen) atoms. The van der Waals surface area contributed by atoms with Crippen molar-refractivity contribution < 1.29 is 9.90 Å². The molecule has 0 aromatic heterocycles. The Balaban J connectivity index is 1.73. The zero-order valence-electron chi connectivity index (χ0n) is 12.9. The maximum absolute atomic E-state index is 12.2. The molecule has 0 spiro atoms. The first-order chi connectivity index (χ1) is 9.65. The van der Waals surface area contributed by atoms with Gasteiger partial charge in [0.15, 0.2) is 0 Å². The molecule has 2 N–H and O–H groups in total. The first-order valence-corrected chi connectivity index (χ1v) is 8.25. The Morgan fingerprint density at radius 3 is 2.45 bits per heavy atom. The van der Waals surface area contributed by atoms with E-state index in [1.54, 1.807) is 0 Å². The lowest BCUT2D eigenvalue weighted by Crippen LogP contribution is -2.50. The summed E-state index contributed by atoms with van der Waals surface area (Å²) in [4.78, 5) is 14.1. The van der Waals surface area contributed by atoms with E-state index in [4.69, 9.17) is 0 Å². The summed E-state index contributed by atoms with van der Waals surface area (Å²) in [5, 5.41) is 12.9. The number of nitrogens with one attached hydrogen (secondary N) is 1. The summed E-state index contributed by atoms with van der Waals surface area (Å²) in [6, 6.07) is 0. The van der Waals surface area contributed by atoms with Crippen molar-refractivity contribution >= 4 is 5.91 Å². The van der Waals surface area contributed by atoms with Crippen molar-refractivity contribution in [1.82, 2.24) is 10.2 Å². The molecule has 0 aromatic carbocycles. The molecule has 0 bridgehead atoms. The second-order valence-corrected chi connectivity index (χ2v) is 6.78. The first-order valence-electron chi connectivity index (χ1n) is 8.25. The third-order valence-corrected chi connectivity index (χ3v) is 5.16. The van der Waals surface area contributed by atoms with Gasteiger partial charge in [0.25, 0.3) is 0 Å². The highest BCUT2D eigenvalue weighted by molar-refractivity contribution is 5.78. The molecule has 0 aliphatic heterocycles. The van der Waals surface area contributed by atoms with Gasteiger partial charge in [-0.2, -0.15) is 0 Å². The lowest BCUT2D eigenvalue weighted by molar-refractivity contribution is -0.130. The number of carbonyl (C=O) groups excluding carboxylic acids is 1. The topological polar surface area (TPSA) is 52.6 Å². The third kappa shape index (κ3) is 4.19. The van der Waals surface area contributed by atoms with Gasteiger partial charge in [-0.15, -0.1) is 0 Å². The summed E-state index contributed by atoms with van der Waals surface area (Å²) in [7, 11) is 1.92. The highest BCUT2D eigenvalue weighted by Gasteiger charge is 2.33. The third-order valence-electron chi connectivity index (χ3n) is 5.16. The Kier molecular flexibility index (Phi) is 5.85. The van der Waals surface area contributed by atoms with E-state index in [1.165, 1.54) is 32.1 Å². The van der Waals surface area contributed by atoms with Gasteiger partial charge in [0.1, 0.15) is 0 Å². The van der Waals surface area contributed by atoms with Crippen molar-refractivity contribution in [2.24, 2.45) is 5.92 Å². The number of hydrogen-bond donors (Lipinski definition) is 2. The number of nitrogens with zero attached hydrogens (tertiary/aromatic N) is 1. The molecule has 1 amide bonds. The van der Waals surface area contributed by atoms with Crippen molar-refractivity contribution in [2.75, 3.05) is 26.7 Å². The van der Waals surface area contributed by atoms with Crippen molar-refractivity contribution in [3.8, 4) is 0 Å². The SMILES string of the molecule is CN(CC1CCCCC1)C(=O)CNC1(CO)CCCC1. The quantitative estimate of drug-likeness (QED) is 0.782. The van der Waals surface area contributed by atoms with Gasteiger partial charge >= 0.3 is 0 Å². The van der Waals surface area contributed by atoms with Crippen LogP contribution in [-0.2, 0) is 4.79 Å². The lowest BCUT2D eigenvalue weighted by atomic mass is 9.89. The Labute approximate surface area is 122 Å². The molecule has 2 aliphatic rings. The summed E-state index contributed by atoms with van der Waals surface area (Å²) in [6.45, 7) is 1.41. The van der Waals surface area contributed by atoms with Crippen LogP contribution in [0.5, 0.6) is 0 Å². The molecule has 4 heteroatoms. The molecule has 0 heterocycles. The summed E-state index contributed by atoms with van der Waals surface area (Å²) >= 11 is 0. The Morgan fingerprint density at radius 2 is 1.85 bits per heavy atom. The van der Waals surface area contributed by atoms with Crippen LogP contribution in [0.3, 0.4) is 0 Å². The molecule has 0 atom stereocenters. The van der Waals surface area contributed by atoms with E-state index in [1.807, 2.05) is 11.9 Å². The fourth-order valence-corrected chi connectivity index (χ4v) is 3.70. The van der Waals surface area contributed by atoms with Gasteiger partial charge < -0.3 is 15.3 Å². The Hall–Kier alpha value is -0.610. The van der Waals surface area contributed by atoms with Crippen molar-refractivity contribution in [3.05, 3.63) is 0 Å². The van der Waals surface area contributed by atoms with Gasteiger partial charge in [-0.3, -0.25) is 4.79 Å². The summed E-state index contributed by atoms with van der Waals surface area (Å²) in [5.41, 5.74) is -0.193. The van der Waals surface area contributed by atoms with Crippen molar-refractivity contribution in [3.63, 3.8) is 0 Å². The highest BCUT2D eigenvalue weighted by atomic mass is 16.3. The lowest BCUT2D eigenvalue weighted by Gasteiger charge is -2.30. The van der Waals surface area contributed by atoms with E-state index in [0.717, 1.165) is 32.2 Å². The number of rotatable bonds is 6. The van der Waals surface area contributed by atoms with Crippen LogP contribution >= 0.6 is 0 Å². The van der Waals surface area contributed by atoms with E-state index in [2.05, 4.69) is 5.32 Å². The van der Waals surface area contributed by atoms with Crippen LogP contribution in [0.25, 0.3) is 0 Å². The van der Waals surface area contributed by atoms with Crippen LogP contribution in [0.1, 0.15) is 57.8 Å².